The van der Waals surface area contributed by atoms with E-state index < -0.39 is 0 Å². The lowest BCUT2D eigenvalue weighted by molar-refractivity contribution is -0.128. The molecule has 1 fully saturated rings. The van der Waals surface area contributed by atoms with E-state index >= 15 is 0 Å². The Morgan fingerprint density at radius 2 is 2.19 bits per heavy atom. The number of carbonyl (C=O) groups excluding carboxylic acids is 1. The molecule has 2 unspecified atom stereocenters. The summed E-state index contributed by atoms with van der Waals surface area (Å²) in [6.07, 6.45) is 4.78. The molecule has 0 radical (unpaired) electrons. The average Bonchev–Trinajstić information content (AvgIpc) is 2.69. The van der Waals surface area contributed by atoms with E-state index in [1.807, 2.05) is 20.8 Å². The second kappa shape index (κ2) is 7.27. The number of aryl methyl sites for hydroxylation is 2. The van der Waals surface area contributed by atoms with Crippen molar-refractivity contribution in [3.05, 3.63) is 17.0 Å². The summed E-state index contributed by atoms with van der Waals surface area (Å²) in [5, 5.41) is 6.93. The van der Waals surface area contributed by atoms with Crippen molar-refractivity contribution < 1.29 is 9.32 Å². The minimum Gasteiger partial charge on any atom is -0.361 e. The van der Waals surface area contributed by atoms with Gasteiger partial charge < -0.3 is 15.6 Å². The molecule has 5 nitrogen and oxygen atoms in total. The van der Waals surface area contributed by atoms with Crippen LogP contribution in [0, 0.1) is 19.8 Å². The van der Waals surface area contributed by atoms with Crippen molar-refractivity contribution in [3.8, 4) is 0 Å². The summed E-state index contributed by atoms with van der Waals surface area (Å²) in [5.74, 6) is 0.848. The molecule has 0 aromatic carbocycles. The fraction of sp³-hybridized carbons (Fsp3) is 0.733. The molecule has 1 aromatic rings. The number of halogens is 1. The molecule has 1 amide bonds. The first-order valence-electron chi connectivity index (χ1n) is 7.40. The van der Waals surface area contributed by atoms with Gasteiger partial charge in [-0.05, 0) is 40.0 Å². The van der Waals surface area contributed by atoms with Gasteiger partial charge in [-0.15, -0.1) is 12.4 Å². The van der Waals surface area contributed by atoms with Gasteiger partial charge in [0.05, 0.1) is 11.6 Å². The second-order valence-corrected chi connectivity index (χ2v) is 6.15. The Morgan fingerprint density at radius 1 is 1.48 bits per heavy atom. The fourth-order valence-electron chi connectivity index (χ4n) is 3.08. The molecule has 1 saturated carbocycles. The van der Waals surface area contributed by atoms with Crippen LogP contribution in [0.25, 0.3) is 0 Å². The Labute approximate surface area is 132 Å². The van der Waals surface area contributed by atoms with Gasteiger partial charge in [-0.1, -0.05) is 18.0 Å². The summed E-state index contributed by atoms with van der Waals surface area (Å²) < 4.78 is 5.12. The maximum absolute atomic E-state index is 12.3. The number of rotatable bonds is 4. The van der Waals surface area contributed by atoms with E-state index in [-0.39, 0.29) is 29.8 Å². The summed E-state index contributed by atoms with van der Waals surface area (Å²) in [7, 11) is 0. The second-order valence-electron chi connectivity index (χ2n) is 6.15. The van der Waals surface area contributed by atoms with Gasteiger partial charge in [-0.2, -0.15) is 0 Å². The van der Waals surface area contributed by atoms with Crippen LogP contribution in [-0.2, 0) is 11.2 Å². The van der Waals surface area contributed by atoms with Crippen LogP contribution in [0.3, 0.4) is 0 Å². The molecule has 120 valence electrons. The molecule has 0 bridgehead atoms. The first kappa shape index (κ1) is 18.0. The topological polar surface area (TPSA) is 81.2 Å². The monoisotopic (exact) mass is 315 g/mol. The molecule has 2 rings (SSSR count). The fourth-order valence-corrected chi connectivity index (χ4v) is 3.08. The molecule has 6 heteroatoms. The van der Waals surface area contributed by atoms with Crippen LogP contribution in [0.2, 0.25) is 0 Å². The Hall–Kier alpha value is -1.07. The third-order valence-electron chi connectivity index (χ3n) is 4.43. The molecule has 1 aromatic heterocycles. The van der Waals surface area contributed by atoms with Crippen molar-refractivity contribution in [2.75, 3.05) is 6.54 Å². The number of hydrogen-bond acceptors (Lipinski definition) is 4. The lowest BCUT2D eigenvalue weighted by atomic mass is 9.74. The summed E-state index contributed by atoms with van der Waals surface area (Å²) >= 11 is 0. The molecule has 1 aliphatic rings. The van der Waals surface area contributed by atoms with Gasteiger partial charge in [0.15, 0.2) is 0 Å². The van der Waals surface area contributed by atoms with Gasteiger partial charge in [0.25, 0.3) is 0 Å². The van der Waals surface area contributed by atoms with E-state index in [0.717, 1.165) is 49.1 Å². The maximum Gasteiger partial charge on any atom is 0.224 e. The van der Waals surface area contributed by atoms with Crippen LogP contribution >= 0.6 is 12.4 Å². The van der Waals surface area contributed by atoms with Gasteiger partial charge in [-0.3, -0.25) is 4.79 Å². The number of nitrogens with one attached hydrogen (secondary N) is 1. The van der Waals surface area contributed by atoms with Crippen LogP contribution < -0.4 is 11.1 Å². The zero-order chi connectivity index (χ0) is 14.8. The Kier molecular flexibility index (Phi) is 6.23. The quantitative estimate of drug-likeness (QED) is 0.893. The van der Waals surface area contributed by atoms with Crippen molar-refractivity contribution in [1.29, 1.82) is 0 Å². The molecule has 0 aliphatic heterocycles. The van der Waals surface area contributed by atoms with Crippen molar-refractivity contribution in [2.24, 2.45) is 11.7 Å². The molecule has 0 saturated heterocycles. The lowest BCUT2D eigenvalue weighted by Crippen LogP contribution is -2.53. The predicted molar refractivity (Wildman–Crippen MR) is 84.5 cm³/mol. The molecule has 2 atom stereocenters. The predicted octanol–water partition coefficient (Wildman–Crippen LogP) is 2.28. The molecule has 1 aliphatic carbocycles. The standard InChI is InChI=1S/C15H25N3O2.ClH/c1-10-12(11(2)20-18-10)7-9-17-14(19)13-6-4-5-8-15(13,3)16;/h13H,4-9,16H2,1-3H3,(H,17,19);1H. The van der Waals surface area contributed by atoms with Crippen molar-refractivity contribution in [1.82, 2.24) is 10.5 Å². The minimum atomic E-state index is -0.370. The SMILES string of the molecule is Cc1noc(C)c1CCNC(=O)C1CCCCC1(C)N.Cl. The van der Waals surface area contributed by atoms with Crippen LogP contribution in [0.4, 0.5) is 0 Å². The van der Waals surface area contributed by atoms with Crippen LogP contribution in [-0.4, -0.2) is 23.1 Å². The average molecular weight is 316 g/mol. The van der Waals surface area contributed by atoms with Crippen LogP contribution in [0.15, 0.2) is 4.52 Å². The number of carbonyl (C=O) groups is 1. The first-order chi connectivity index (χ1) is 9.42. The molecule has 21 heavy (non-hydrogen) atoms. The number of aromatic nitrogens is 1. The highest BCUT2D eigenvalue weighted by atomic mass is 35.5. The van der Waals surface area contributed by atoms with Gasteiger partial charge in [0, 0.05) is 17.6 Å². The Balaban J connectivity index is 0.00000220. The smallest absolute Gasteiger partial charge is 0.224 e. The van der Waals surface area contributed by atoms with Crippen molar-refractivity contribution >= 4 is 18.3 Å². The third kappa shape index (κ3) is 4.20. The van der Waals surface area contributed by atoms with Gasteiger partial charge in [-0.25, -0.2) is 0 Å². The highest BCUT2D eigenvalue weighted by molar-refractivity contribution is 5.85. The number of amides is 1. The molecule has 3 N–H and O–H groups in total. The van der Waals surface area contributed by atoms with Gasteiger partial charge in [0.1, 0.15) is 5.76 Å². The molecular formula is C15H26ClN3O2. The zero-order valence-corrected chi connectivity index (χ0v) is 13.9. The van der Waals surface area contributed by atoms with Crippen LogP contribution in [0.5, 0.6) is 0 Å². The zero-order valence-electron chi connectivity index (χ0n) is 13.1. The highest BCUT2D eigenvalue weighted by Gasteiger charge is 2.37. The maximum atomic E-state index is 12.3. The third-order valence-corrected chi connectivity index (χ3v) is 4.43. The number of nitrogens with two attached hydrogens (primary N) is 1. The summed E-state index contributed by atoms with van der Waals surface area (Å²) in [6, 6.07) is 0. The normalized spacial score (nSPS) is 25.2. The van der Waals surface area contributed by atoms with E-state index in [1.54, 1.807) is 0 Å². The van der Waals surface area contributed by atoms with Gasteiger partial charge in [0.2, 0.25) is 5.91 Å². The molecular weight excluding hydrogens is 290 g/mol. The van der Waals surface area contributed by atoms with Crippen LogP contribution in [0.1, 0.15) is 49.6 Å². The Bertz CT molecular complexity index is 466. The molecule has 0 spiro atoms. The number of nitrogens with zero attached hydrogens (tertiary/aromatic N) is 1. The van der Waals surface area contributed by atoms with E-state index in [1.165, 1.54) is 0 Å². The van der Waals surface area contributed by atoms with Crippen molar-refractivity contribution in [2.45, 2.75) is 58.4 Å². The van der Waals surface area contributed by atoms with E-state index in [4.69, 9.17) is 10.3 Å². The summed E-state index contributed by atoms with van der Waals surface area (Å²) in [4.78, 5) is 12.3. The summed E-state index contributed by atoms with van der Waals surface area (Å²) in [5.41, 5.74) is 7.87. The van der Waals surface area contributed by atoms with E-state index in [0.29, 0.717) is 6.54 Å². The largest absolute Gasteiger partial charge is 0.361 e. The lowest BCUT2D eigenvalue weighted by Gasteiger charge is -2.37. The number of hydrogen-bond donors (Lipinski definition) is 2. The van der Waals surface area contributed by atoms with E-state index in [2.05, 4.69) is 10.5 Å². The Morgan fingerprint density at radius 3 is 2.76 bits per heavy atom. The minimum absolute atomic E-state index is 0. The summed E-state index contributed by atoms with van der Waals surface area (Å²) in [6.45, 7) is 6.42. The van der Waals surface area contributed by atoms with E-state index in [9.17, 15) is 4.79 Å². The van der Waals surface area contributed by atoms with Crippen molar-refractivity contribution in [3.63, 3.8) is 0 Å². The first-order valence-corrected chi connectivity index (χ1v) is 7.40. The highest BCUT2D eigenvalue weighted by Crippen LogP contribution is 2.31. The van der Waals surface area contributed by atoms with Gasteiger partial charge >= 0.3 is 0 Å². The molecule has 1 heterocycles.